The molecule has 2 aromatic heterocycles. The number of carboxylic acids is 1. The molecule has 92 valence electrons. The van der Waals surface area contributed by atoms with Crippen LogP contribution in [0, 0.1) is 11.6 Å². The van der Waals surface area contributed by atoms with Crippen molar-refractivity contribution in [1.29, 1.82) is 0 Å². The van der Waals surface area contributed by atoms with Gasteiger partial charge in [-0.3, -0.25) is 4.98 Å². The SMILES string of the molecule is O=C(O)c1cncc(Oc2ncc(F)cc2F)c1. The van der Waals surface area contributed by atoms with Crippen LogP contribution in [0.3, 0.4) is 0 Å². The van der Waals surface area contributed by atoms with Gasteiger partial charge in [-0.25, -0.2) is 18.6 Å². The standard InChI is InChI=1S/C11H6F2N2O3/c12-7-2-9(13)10(15-4-7)18-8-1-6(11(16)17)3-14-5-8/h1-5H,(H,16,17). The van der Waals surface area contributed by atoms with Gasteiger partial charge in [0.2, 0.25) is 0 Å². The van der Waals surface area contributed by atoms with Crippen molar-refractivity contribution in [1.82, 2.24) is 9.97 Å². The molecular weight excluding hydrogens is 246 g/mol. The maximum atomic E-state index is 13.2. The quantitative estimate of drug-likeness (QED) is 0.906. The summed E-state index contributed by atoms with van der Waals surface area (Å²) in [5.74, 6) is -3.48. The van der Waals surface area contributed by atoms with Gasteiger partial charge in [0.05, 0.1) is 18.0 Å². The monoisotopic (exact) mass is 252 g/mol. The number of aromatic nitrogens is 2. The van der Waals surface area contributed by atoms with Crippen LogP contribution in [0.4, 0.5) is 8.78 Å². The van der Waals surface area contributed by atoms with E-state index in [2.05, 4.69) is 9.97 Å². The molecule has 0 fully saturated rings. The van der Waals surface area contributed by atoms with Crippen molar-refractivity contribution < 1.29 is 23.4 Å². The predicted molar refractivity (Wildman–Crippen MR) is 55.4 cm³/mol. The molecular formula is C11H6F2N2O3. The van der Waals surface area contributed by atoms with E-state index in [0.29, 0.717) is 6.07 Å². The predicted octanol–water partition coefficient (Wildman–Crippen LogP) is 2.25. The van der Waals surface area contributed by atoms with Gasteiger partial charge in [-0.2, -0.15) is 0 Å². The number of hydrogen-bond acceptors (Lipinski definition) is 4. The minimum Gasteiger partial charge on any atom is -0.478 e. The second-order valence-corrected chi connectivity index (χ2v) is 3.26. The molecule has 18 heavy (non-hydrogen) atoms. The zero-order valence-corrected chi connectivity index (χ0v) is 8.80. The molecule has 0 aliphatic heterocycles. The van der Waals surface area contributed by atoms with E-state index in [1.54, 1.807) is 0 Å². The molecule has 5 nitrogen and oxygen atoms in total. The third kappa shape index (κ3) is 2.57. The topological polar surface area (TPSA) is 72.3 Å². The summed E-state index contributed by atoms with van der Waals surface area (Å²) >= 11 is 0. The van der Waals surface area contributed by atoms with Crippen LogP contribution in [-0.4, -0.2) is 21.0 Å². The molecule has 7 heteroatoms. The zero-order valence-electron chi connectivity index (χ0n) is 8.80. The maximum Gasteiger partial charge on any atom is 0.337 e. The van der Waals surface area contributed by atoms with Gasteiger partial charge >= 0.3 is 5.97 Å². The first-order chi connectivity index (χ1) is 8.56. The Kier molecular flexibility index (Phi) is 3.13. The van der Waals surface area contributed by atoms with Gasteiger partial charge in [-0.1, -0.05) is 0 Å². The van der Waals surface area contributed by atoms with Gasteiger partial charge in [0.1, 0.15) is 11.6 Å². The van der Waals surface area contributed by atoms with Crippen molar-refractivity contribution in [2.75, 3.05) is 0 Å². The molecule has 0 saturated heterocycles. The van der Waals surface area contributed by atoms with Gasteiger partial charge in [0.25, 0.3) is 5.88 Å². The summed E-state index contributed by atoms with van der Waals surface area (Å²) < 4.78 is 30.8. The molecule has 0 atom stereocenters. The molecule has 2 aromatic rings. The number of aromatic carboxylic acids is 1. The number of carbonyl (C=O) groups is 1. The Labute approximate surface area is 99.7 Å². The maximum absolute atomic E-state index is 13.2. The van der Waals surface area contributed by atoms with Crippen LogP contribution in [0.15, 0.2) is 30.7 Å². The van der Waals surface area contributed by atoms with E-state index in [9.17, 15) is 13.6 Å². The molecule has 0 unspecified atom stereocenters. The van der Waals surface area contributed by atoms with Crippen molar-refractivity contribution >= 4 is 5.97 Å². The molecule has 2 rings (SSSR count). The highest BCUT2D eigenvalue weighted by molar-refractivity contribution is 5.87. The van der Waals surface area contributed by atoms with Crippen LogP contribution in [0.25, 0.3) is 0 Å². The molecule has 0 amide bonds. The Bertz CT molecular complexity index is 605. The molecule has 2 heterocycles. The number of nitrogens with zero attached hydrogens (tertiary/aromatic N) is 2. The van der Waals surface area contributed by atoms with Gasteiger partial charge < -0.3 is 9.84 Å². The summed E-state index contributed by atoms with van der Waals surface area (Å²) in [5, 5.41) is 8.73. The number of halogens is 2. The fourth-order valence-corrected chi connectivity index (χ4v) is 1.18. The van der Waals surface area contributed by atoms with Crippen LogP contribution in [0.1, 0.15) is 10.4 Å². The van der Waals surface area contributed by atoms with Gasteiger partial charge in [-0.05, 0) is 6.07 Å². The van der Waals surface area contributed by atoms with Crippen LogP contribution in [0.2, 0.25) is 0 Å². The fraction of sp³-hybridized carbons (Fsp3) is 0. The number of pyridine rings is 2. The van der Waals surface area contributed by atoms with Crippen LogP contribution in [-0.2, 0) is 0 Å². The molecule has 1 N–H and O–H groups in total. The largest absolute Gasteiger partial charge is 0.478 e. The highest BCUT2D eigenvalue weighted by Crippen LogP contribution is 2.22. The van der Waals surface area contributed by atoms with E-state index in [4.69, 9.17) is 9.84 Å². The van der Waals surface area contributed by atoms with Gasteiger partial charge in [0, 0.05) is 12.3 Å². The van der Waals surface area contributed by atoms with Crippen molar-refractivity contribution in [3.63, 3.8) is 0 Å². The van der Waals surface area contributed by atoms with E-state index in [0.717, 1.165) is 18.5 Å². The Morgan fingerprint density at radius 3 is 2.67 bits per heavy atom. The number of hydrogen-bond donors (Lipinski definition) is 1. The highest BCUT2D eigenvalue weighted by Gasteiger charge is 2.10. The fourth-order valence-electron chi connectivity index (χ4n) is 1.18. The lowest BCUT2D eigenvalue weighted by atomic mass is 10.3. The molecule has 0 aliphatic carbocycles. The van der Waals surface area contributed by atoms with E-state index >= 15 is 0 Å². The van der Waals surface area contributed by atoms with E-state index in [-0.39, 0.29) is 11.3 Å². The molecule has 0 radical (unpaired) electrons. The minimum absolute atomic E-state index is 0.00657. The van der Waals surface area contributed by atoms with E-state index in [1.165, 1.54) is 6.20 Å². The van der Waals surface area contributed by atoms with Crippen molar-refractivity contribution in [2.45, 2.75) is 0 Å². The van der Waals surface area contributed by atoms with Crippen molar-refractivity contribution in [3.05, 3.63) is 47.9 Å². The second kappa shape index (κ2) is 4.74. The second-order valence-electron chi connectivity index (χ2n) is 3.26. The Balaban J connectivity index is 2.28. The van der Waals surface area contributed by atoms with Crippen molar-refractivity contribution in [2.24, 2.45) is 0 Å². The first kappa shape index (κ1) is 11.9. The van der Waals surface area contributed by atoms with Gasteiger partial charge in [0.15, 0.2) is 5.82 Å². The van der Waals surface area contributed by atoms with Gasteiger partial charge in [-0.15, -0.1) is 0 Å². The lowest BCUT2D eigenvalue weighted by Crippen LogP contribution is -1.99. The zero-order chi connectivity index (χ0) is 13.1. The van der Waals surface area contributed by atoms with E-state index in [1.807, 2.05) is 0 Å². The summed E-state index contributed by atoms with van der Waals surface area (Å²) in [6.45, 7) is 0. The van der Waals surface area contributed by atoms with Crippen LogP contribution in [0.5, 0.6) is 11.6 Å². The number of ether oxygens (including phenoxy) is 1. The molecule has 0 spiro atoms. The van der Waals surface area contributed by atoms with Crippen molar-refractivity contribution in [3.8, 4) is 11.6 Å². The van der Waals surface area contributed by atoms with Crippen LogP contribution < -0.4 is 4.74 Å². The normalized spacial score (nSPS) is 10.1. The summed E-state index contributed by atoms with van der Waals surface area (Å²) in [4.78, 5) is 17.7. The number of rotatable bonds is 3. The average Bonchev–Trinajstić information content (AvgIpc) is 2.33. The molecule has 0 aromatic carbocycles. The Morgan fingerprint density at radius 2 is 2.00 bits per heavy atom. The summed E-state index contributed by atoms with van der Waals surface area (Å²) in [7, 11) is 0. The smallest absolute Gasteiger partial charge is 0.337 e. The lowest BCUT2D eigenvalue weighted by molar-refractivity contribution is 0.0696. The third-order valence-corrected chi connectivity index (χ3v) is 1.95. The summed E-state index contributed by atoms with van der Waals surface area (Å²) in [5.41, 5.74) is -0.116. The molecule has 0 saturated carbocycles. The van der Waals surface area contributed by atoms with Crippen LogP contribution >= 0.6 is 0 Å². The molecule has 0 bridgehead atoms. The number of carboxylic acid groups (broad SMARTS) is 1. The average molecular weight is 252 g/mol. The Hall–Kier alpha value is -2.57. The highest BCUT2D eigenvalue weighted by atomic mass is 19.1. The summed E-state index contributed by atoms with van der Waals surface area (Å²) in [6.07, 6.45) is 3.09. The summed E-state index contributed by atoms with van der Waals surface area (Å²) in [6, 6.07) is 1.76. The molecule has 0 aliphatic rings. The Morgan fingerprint density at radius 1 is 1.22 bits per heavy atom. The lowest BCUT2D eigenvalue weighted by Gasteiger charge is -2.05. The third-order valence-electron chi connectivity index (χ3n) is 1.95. The first-order valence-corrected chi connectivity index (χ1v) is 4.73. The van der Waals surface area contributed by atoms with E-state index < -0.39 is 23.5 Å². The minimum atomic E-state index is -1.19. The first-order valence-electron chi connectivity index (χ1n) is 4.73.